The number of piperidine rings is 1. The molecule has 36 heavy (non-hydrogen) atoms. The van der Waals surface area contributed by atoms with Crippen molar-refractivity contribution in [3.63, 3.8) is 0 Å². The predicted octanol–water partition coefficient (Wildman–Crippen LogP) is 5.12. The lowest BCUT2D eigenvalue weighted by Gasteiger charge is -2.30. The Kier molecular flexibility index (Phi) is 6.73. The highest BCUT2D eigenvalue weighted by Crippen LogP contribution is 2.37. The van der Waals surface area contributed by atoms with Crippen LogP contribution >= 0.6 is 11.8 Å². The van der Waals surface area contributed by atoms with E-state index in [1.165, 1.54) is 17.8 Å². The maximum atomic E-state index is 14.0. The summed E-state index contributed by atoms with van der Waals surface area (Å²) >= 11 is 1.52. The number of nitrogens with two attached hydrogens (primary N) is 1. The average Bonchev–Trinajstić information content (AvgIpc) is 3.32. The van der Waals surface area contributed by atoms with Gasteiger partial charge in [0, 0.05) is 52.4 Å². The van der Waals surface area contributed by atoms with E-state index < -0.39 is 0 Å². The number of benzene rings is 2. The number of likely N-dealkylation sites (tertiary alicyclic amines) is 1. The Bertz CT molecular complexity index is 1370. The van der Waals surface area contributed by atoms with Crippen LogP contribution in [0.4, 0.5) is 10.1 Å². The number of nitrogens with zero attached hydrogens (tertiary/aromatic N) is 1. The van der Waals surface area contributed by atoms with Crippen molar-refractivity contribution in [2.75, 3.05) is 18.4 Å². The molecule has 2 aliphatic heterocycles. The molecule has 0 saturated carbocycles. The first kappa shape index (κ1) is 24.3. The molecule has 1 fully saturated rings. The van der Waals surface area contributed by atoms with Crippen LogP contribution in [0.1, 0.15) is 51.3 Å². The number of hydrogen-bond acceptors (Lipinski definition) is 4. The van der Waals surface area contributed by atoms with Crippen LogP contribution in [0.15, 0.2) is 47.4 Å². The second kappa shape index (κ2) is 9.95. The number of H-pyrrole nitrogens is 1. The molecule has 2 amide bonds. The van der Waals surface area contributed by atoms with Crippen LogP contribution in [0.2, 0.25) is 0 Å². The summed E-state index contributed by atoms with van der Waals surface area (Å²) in [5.74, 6) is 0.0823. The first-order chi connectivity index (χ1) is 17.3. The van der Waals surface area contributed by atoms with Crippen molar-refractivity contribution in [1.82, 2.24) is 9.88 Å². The summed E-state index contributed by atoms with van der Waals surface area (Å²) in [6.45, 7) is 5.11. The minimum Gasteiger partial charge on any atom is -0.358 e. The van der Waals surface area contributed by atoms with Crippen molar-refractivity contribution < 1.29 is 14.0 Å². The van der Waals surface area contributed by atoms with Gasteiger partial charge in [-0.1, -0.05) is 18.2 Å². The molecule has 0 aliphatic carbocycles. The van der Waals surface area contributed by atoms with Crippen molar-refractivity contribution >= 4 is 40.9 Å². The highest BCUT2D eigenvalue weighted by Gasteiger charge is 2.28. The molecular formula is C28H29FN4O2S. The van der Waals surface area contributed by atoms with Crippen molar-refractivity contribution in [3.05, 3.63) is 81.9 Å². The molecular weight excluding hydrogens is 475 g/mol. The SMILES string of the molecule is Cc1[nH]c(/C=C2\C(=O)Nc3ccc(SCc4ccccc4F)cc32)c(C)c1C(=O)N1CCC(N)CC1. The number of thioether (sulfide) groups is 1. The van der Waals surface area contributed by atoms with Gasteiger partial charge in [-0.25, -0.2) is 4.39 Å². The van der Waals surface area contributed by atoms with Gasteiger partial charge in [0.15, 0.2) is 0 Å². The van der Waals surface area contributed by atoms with E-state index in [1.54, 1.807) is 12.1 Å². The number of halogens is 1. The molecule has 1 aromatic heterocycles. The fraction of sp³-hybridized carbons (Fsp3) is 0.286. The van der Waals surface area contributed by atoms with Crippen LogP contribution in [-0.4, -0.2) is 40.8 Å². The average molecular weight is 505 g/mol. The van der Waals surface area contributed by atoms with Crippen LogP contribution < -0.4 is 11.1 Å². The van der Waals surface area contributed by atoms with Gasteiger partial charge < -0.3 is 20.9 Å². The molecule has 0 atom stereocenters. The Balaban J connectivity index is 1.41. The topological polar surface area (TPSA) is 91.2 Å². The number of carbonyl (C=O) groups is 2. The van der Waals surface area contributed by atoms with Gasteiger partial charge in [0.1, 0.15) is 5.82 Å². The molecule has 1 saturated heterocycles. The quantitative estimate of drug-likeness (QED) is 0.332. The third kappa shape index (κ3) is 4.70. The zero-order valence-electron chi connectivity index (χ0n) is 20.4. The molecule has 2 aromatic carbocycles. The summed E-state index contributed by atoms with van der Waals surface area (Å²) in [4.78, 5) is 32.2. The Hall–Kier alpha value is -3.36. The standard InChI is InChI=1S/C28H29FN4O2S/c1-16-25(31-17(2)26(16)28(35)33-11-9-19(30)10-12-33)14-22-21-13-20(7-8-24(21)32-27(22)34)36-15-18-5-3-4-6-23(18)29/h3-8,13-14,19,31H,9-12,15,30H2,1-2H3,(H,32,34)/b22-14-. The van der Waals surface area contributed by atoms with E-state index in [0.29, 0.717) is 35.5 Å². The lowest BCUT2D eigenvalue weighted by Crippen LogP contribution is -2.43. The number of amides is 2. The van der Waals surface area contributed by atoms with E-state index in [2.05, 4.69) is 10.3 Å². The number of aromatic nitrogens is 1. The second-order valence-electron chi connectivity index (χ2n) is 9.39. The number of hydrogen-bond donors (Lipinski definition) is 3. The Morgan fingerprint density at radius 3 is 2.69 bits per heavy atom. The molecule has 3 aromatic rings. The zero-order chi connectivity index (χ0) is 25.4. The molecule has 4 N–H and O–H groups in total. The minimum absolute atomic E-state index is 0.000837. The molecule has 6 nitrogen and oxygen atoms in total. The highest BCUT2D eigenvalue weighted by atomic mass is 32.2. The summed E-state index contributed by atoms with van der Waals surface area (Å²) < 4.78 is 14.0. The molecule has 0 radical (unpaired) electrons. The van der Waals surface area contributed by atoms with Gasteiger partial charge in [0.05, 0.1) is 11.1 Å². The predicted molar refractivity (Wildman–Crippen MR) is 142 cm³/mol. The number of anilines is 1. The molecule has 0 spiro atoms. The molecule has 2 aliphatic rings. The van der Waals surface area contributed by atoms with Crippen LogP contribution in [0.25, 0.3) is 11.6 Å². The highest BCUT2D eigenvalue weighted by molar-refractivity contribution is 7.98. The molecule has 0 unspecified atom stereocenters. The molecule has 0 bridgehead atoms. The number of aryl methyl sites for hydroxylation is 1. The largest absolute Gasteiger partial charge is 0.358 e. The van der Waals surface area contributed by atoms with Gasteiger partial charge >= 0.3 is 0 Å². The summed E-state index contributed by atoms with van der Waals surface area (Å²) in [5.41, 5.74) is 11.7. The molecule has 3 heterocycles. The molecule has 186 valence electrons. The van der Waals surface area contributed by atoms with Gasteiger partial charge in [-0.15, -0.1) is 11.8 Å². The Morgan fingerprint density at radius 2 is 1.94 bits per heavy atom. The third-order valence-electron chi connectivity index (χ3n) is 6.93. The van der Waals surface area contributed by atoms with Gasteiger partial charge in [0.2, 0.25) is 0 Å². The summed E-state index contributed by atoms with van der Waals surface area (Å²) in [5, 5.41) is 2.92. The minimum atomic E-state index is -0.223. The Labute approximate surface area is 214 Å². The van der Waals surface area contributed by atoms with Crippen molar-refractivity contribution in [2.24, 2.45) is 5.73 Å². The lowest BCUT2D eigenvalue weighted by atomic mass is 10.0. The molecule has 8 heteroatoms. The third-order valence-corrected chi connectivity index (χ3v) is 7.97. The van der Waals surface area contributed by atoms with Gasteiger partial charge in [0.25, 0.3) is 11.8 Å². The van der Waals surface area contributed by atoms with E-state index >= 15 is 0 Å². The number of aromatic amines is 1. The van der Waals surface area contributed by atoms with Crippen molar-refractivity contribution in [2.45, 2.75) is 43.4 Å². The first-order valence-electron chi connectivity index (χ1n) is 12.1. The maximum Gasteiger partial charge on any atom is 0.256 e. The number of carbonyl (C=O) groups excluding carboxylic acids is 2. The monoisotopic (exact) mass is 504 g/mol. The normalized spacial score (nSPS) is 16.9. The number of nitrogens with one attached hydrogen (secondary N) is 2. The van der Waals surface area contributed by atoms with Crippen LogP contribution in [0.5, 0.6) is 0 Å². The smallest absolute Gasteiger partial charge is 0.256 e. The van der Waals surface area contributed by atoms with E-state index in [4.69, 9.17) is 5.73 Å². The summed E-state index contributed by atoms with van der Waals surface area (Å²) in [6, 6.07) is 12.7. The number of rotatable bonds is 5. The van der Waals surface area contributed by atoms with Crippen molar-refractivity contribution in [3.8, 4) is 0 Å². The molecule has 5 rings (SSSR count). The van der Waals surface area contributed by atoms with Gasteiger partial charge in [-0.3, -0.25) is 9.59 Å². The summed E-state index contributed by atoms with van der Waals surface area (Å²) in [7, 11) is 0. The summed E-state index contributed by atoms with van der Waals surface area (Å²) in [6.07, 6.45) is 3.43. The van der Waals surface area contributed by atoms with Crippen LogP contribution in [0, 0.1) is 19.7 Å². The second-order valence-corrected chi connectivity index (χ2v) is 10.4. The van der Waals surface area contributed by atoms with Crippen LogP contribution in [-0.2, 0) is 10.5 Å². The first-order valence-corrected chi connectivity index (χ1v) is 13.1. The maximum absolute atomic E-state index is 14.0. The van der Waals surface area contributed by atoms with Gasteiger partial charge in [-0.2, -0.15) is 0 Å². The van der Waals surface area contributed by atoms with E-state index in [1.807, 2.05) is 49.1 Å². The fourth-order valence-electron chi connectivity index (χ4n) is 4.82. The zero-order valence-corrected chi connectivity index (χ0v) is 21.2. The number of fused-ring (bicyclic) bond motifs is 1. The van der Waals surface area contributed by atoms with Crippen LogP contribution in [0.3, 0.4) is 0 Å². The Morgan fingerprint density at radius 1 is 1.19 bits per heavy atom. The lowest BCUT2D eigenvalue weighted by molar-refractivity contribution is -0.110. The van der Waals surface area contributed by atoms with Gasteiger partial charge in [-0.05, 0) is 68.2 Å². The fourth-order valence-corrected chi connectivity index (χ4v) is 5.74. The van der Waals surface area contributed by atoms with E-state index in [0.717, 1.165) is 45.9 Å². The van der Waals surface area contributed by atoms with E-state index in [-0.39, 0.29) is 23.7 Å². The van der Waals surface area contributed by atoms with E-state index in [9.17, 15) is 14.0 Å². The van der Waals surface area contributed by atoms with Crippen molar-refractivity contribution in [1.29, 1.82) is 0 Å².